The highest BCUT2D eigenvalue weighted by Crippen LogP contribution is 2.34. The van der Waals surface area contributed by atoms with Gasteiger partial charge >= 0.3 is 11.9 Å². The molecule has 8 nitrogen and oxygen atoms in total. The molecule has 0 spiro atoms. The van der Waals surface area contributed by atoms with E-state index in [0.717, 1.165) is 5.56 Å². The summed E-state index contributed by atoms with van der Waals surface area (Å²) < 4.78 is 9.85. The number of benzene rings is 2. The van der Waals surface area contributed by atoms with Gasteiger partial charge in [-0.2, -0.15) is 0 Å². The molecule has 0 unspecified atom stereocenters. The zero-order chi connectivity index (χ0) is 23.1. The maximum Gasteiger partial charge on any atom is 0.343 e. The molecule has 1 saturated heterocycles. The Morgan fingerprint density at radius 2 is 1.97 bits per heavy atom. The van der Waals surface area contributed by atoms with Crippen LogP contribution in [0.25, 0.3) is 6.08 Å². The van der Waals surface area contributed by atoms with E-state index in [4.69, 9.17) is 4.74 Å². The van der Waals surface area contributed by atoms with Gasteiger partial charge in [0, 0.05) is 6.54 Å². The molecule has 1 N–H and O–H groups in total. The smallest absolute Gasteiger partial charge is 0.343 e. The van der Waals surface area contributed by atoms with Crippen molar-refractivity contribution >= 4 is 46.5 Å². The van der Waals surface area contributed by atoms with E-state index in [-0.39, 0.29) is 24.6 Å². The number of carboxylic acid groups (broad SMARTS) is 1. The van der Waals surface area contributed by atoms with E-state index >= 15 is 0 Å². The van der Waals surface area contributed by atoms with Crippen LogP contribution < -0.4 is 4.74 Å². The van der Waals surface area contributed by atoms with Crippen molar-refractivity contribution in [2.24, 2.45) is 4.99 Å². The normalized spacial score (nSPS) is 15.8. The van der Waals surface area contributed by atoms with Gasteiger partial charge in [-0.3, -0.25) is 9.69 Å². The van der Waals surface area contributed by atoms with Gasteiger partial charge in [0.05, 0.1) is 23.3 Å². The molecule has 0 atom stereocenters. The number of carbonyl (C=O) groups excluding carboxylic acids is 2. The lowest BCUT2D eigenvalue weighted by molar-refractivity contribution is -0.142. The molecule has 1 amide bonds. The first-order valence-electron chi connectivity index (χ1n) is 9.45. The Balaban J connectivity index is 1.82. The quantitative estimate of drug-likeness (QED) is 0.370. The third-order valence-electron chi connectivity index (χ3n) is 4.28. The van der Waals surface area contributed by atoms with Crippen LogP contribution in [0.2, 0.25) is 0 Å². The molecule has 0 aliphatic carbocycles. The number of ether oxygens (including phenoxy) is 2. The van der Waals surface area contributed by atoms with E-state index in [1.165, 1.54) is 35.9 Å². The molecule has 9 heteroatoms. The Bertz CT molecular complexity index is 1110. The van der Waals surface area contributed by atoms with E-state index in [0.29, 0.717) is 21.5 Å². The monoisotopic (exact) mass is 452 g/mol. The summed E-state index contributed by atoms with van der Waals surface area (Å²) in [6.45, 7) is 3.77. The van der Waals surface area contributed by atoms with Gasteiger partial charge in [-0.15, -0.1) is 6.58 Å². The molecule has 164 valence electrons. The van der Waals surface area contributed by atoms with Gasteiger partial charge in [-0.05, 0) is 53.7 Å². The first-order chi connectivity index (χ1) is 15.4. The minimum Gasteiger partial charge on any atom is -0.482 e. The van der Waals surface area contributed by atoms with Crippen LogP contribution in [0.5, 0.6) is 5.75 Å². The molecular formula is C23H20N2O6S. The molecule has 1 aliphatic rings. The number of carbonyl (C=O) groups is 3. The van der Waals surface area contributed by atoms with E-state index in [9.17, 15) is 19.5 Å². The topological polar surface area (TPSA) is 106 Å². The number of rotatable bonds is 8. The minimum absolute atomic E-state index is 0.113. The Hall–Kier alpha value is -3.85. The van der Waals surface area contributed by atoms with Gasteiger partial charge in [0.1, 0.15) is 5.75 Å². The van der Waals surface area contributed by atoms with Crippen molar-refractivity contribution < 1.29 is 29.0 Å². The Labute approximate surface area is 188 Å². The minimum atomic E-state index is -1.05. The molecule has 0 saturated carbocycles. The number of aliphatic imine (C=N–C) groups is 1. The molecule has 1 fully saturated rings. The van der Waals surface area contributed by atoms with Crippen LogP contribution in [-0.2, 0) is 14.3 Å². The lowest BCUT2D eigenvalue weighted by Gasteiger charge is -2.12. The fourth-order valence-electron chi connectivity index (χ4n) is 2.71. The molecule has 0 aromatic heterocycles. The molecule has 0 radical (unpaired) electrons. The molecule has 2 aromatic rings. The maximum absolute atomic E-state index is 12.9. The first kappa shape index (κ1) is 22.8. The third-order valence-corrected chi connectivity index (χ3v) is 5.29. The number of nitrogens with zero attached hydrogens (tertiary/aromatic N) is 2. The Morgan fingerprint density at radius 1 is 1.22 bits per heavy atom. The van der Waals surface area contributed by atoms with Gasteiger partial charge in [-0.1, -0.05) is 24.3 Å². The van der Waals surface area contributed by atoms with Crippen molar-refractivity contribution in [3.63, 3.8) is 0 Å². The number of methoxy groups -OCH3 is 1. The van der Waals surface area contributed by atoms with E-state index in [1.54, 1.807) is 48.6 Å². The van der Waals surface area contributed by atoms with Crippen molar-refractivity contribution in [1.29, 1.82) is 0 Å². The molecule has 2 aromatic carbocycles. The highest BCUT2D eigenvalue weighted by Gasteiger charge is 2.32. The van der Waals surface area contributed by atoms with E-state index < -0.39 is 11.9 Å². The second kappa shape index (κ2) is 10.5. The third kappa shape index (κ3) is 5.64. The standard InChI is InChI=1S/C23H20N2O6S/c1-3-11-25-21(27)19(12-15-7-9-18(10-8-15)31-14-20(26)30-2)32-23(25)24-17-6-4-5-16(13-17)22(28)29/h3-10,12-13H,1,11,14H2,2H3,(H,28,29)/b19-12-,24-23?. The average molecular weight is 452 g/mol. The molecular weight excluding hydrogens is 432 g/mol. The van der Waals surface area contributed by atoms with Gasteiger partial charge < -0.3 is 14.6 Å². The molecule has 1 aliphatic heterocycles. The zero-order valence-electron chi connectivity index (χ0n) is 17.2. The summed E-state index contributed by atoms with van der Waals surface area (Å²) in [6, 6.07) is 13.1. The number of carboxylic acids is 1. The first-order valence-corrected chi connectivity index (χ1v) is 10.3. The van der Waals surface area contributed by atoms with Crippen LogP contribution in [0.4, 0.5) is 5.69 Å². The van der Waals surface area contributed by atoms with E-state index in [2.05, 4.69) is 16.3 Å². The second-order valence-electron chi connectivity index (χ2n) is 6.50. The van der Waals surface area contributed by atoms with Gasteiger partial charge in [0.2, 0.25) is 0 Å². The van der Waals surface area contributed by atoms with Crippen LogP contribution in [0.3, 0.4) is 0 Å². The SMILES string of the molecule is C=CCN1C(=O)/C(=C/c2ccc(OCC(=O)OC)cc2)SC1=Nc1cccc(C(=O)O)c1. The lowest BCUT2D eigenvalue weighted by atomic mass is 10.2. The summed E-state index contributed by atoms with van der Waals surface area (Å²) in [5.41, 5.74) is 1.31. The van der Waals surface area contributed by atoms with Crippen LogP contribution in [0.1, 0.15) is 15.9 Å². The van der Waals surface area contributed by atoms with Crippen LogP contribution >= 0.6 is 11.8 Å². The lowest BCUT2D eigenvalue weighted by Crippen LogP contribution is -2.29. The van der Waals surface area contributed by atoms with Gasteiger partial charge in [-0.25, -0.2) is 14.6 Å². The van der Waals surface area contributed by atoms with Crippen molar-refractivity contribution in [1.82, 2.24) is 4.90 Å². The van der Waals surface area contributed by atoms with Crippen LogP contribution in [0, 0.1) is 0 Å². The van der Waals surface area contributed by atoms with Gasteiger partial charge in [0.25, 0.3) is 5.91 Å². The van der Waals surface area contributed by atoms with Crippen LogP contribution in [-0.4, -0.2) is 53.3 Å². The molecule has 32 heavy (non-hydrogen) atoms. The van der Waals surface area contributed by atoms with E-state index in [1.807, 2.05) is 0 Å². The van der Waals surface area contributed by atoms with Crippen molar-refractivity contribution in [3.8, 4) is 5.75 Å². The predicted octanol–water partition coefficient (Wildman–Crippen LogP) is 3.73. The predicted molar refractivity (Wildman–Crippen MR) is 122 cm³/mol. The molecule has 3 rings (SSSR count). The number of aromatic carboxylic acids is 1. The Kier molecular flexibility index (Phi) is 7.45. The Morgan fingerprint density at radius 3 is 2.62 bits per heavy atom. The van der Waals surface area contributed by atoms with Crippen LogP contribution in [0.15, 0.2) is 71.1 Å². The molecule has 1 heterocycles. The van der Waals surface area contributed by atoms with Crippen molar-refractivity contribution in [2.75, 3.05) is 20.3 Å². The summed E-state index contributed by atoms with van der Waals surface area (Å²) in [5, 5.41) is 9.61. The summed E-state index contributed by atoms with van der Waals surface area (Å²) in [6.07, 6.45) is 3.32. The van der Waals surface area contributed by atoms with Crippen molar-refractivity contribution in [2.45, 2.75) is 0 Å². The fourth-order valence-corrected chi connectivity index (χ4v) is 3.72. The maximum atomic E-state index is 12.9. The number of amidine groups is 1. The van der Waals surface area contributed by atoms with Crippen molar-refractivity contribution in [3.05, 3.63) is 77.2 Å². The number of amides is 1. The summed E-state index contributed by atoms with van der Waals surface area (Å²) >= 11 is 1.19. The molecule has 0 bridgehead atoms. The number of hydrogen-bond donors (Lipinski definition) is 1. The second-order valence-corrected chi connectivity index (χ2v) is 7.51. The highest BCUT2D eigenvalue weighted by molar-refractivity contribution is 8.18. The van der Waals surface area contributed by atoms with Gasteiger partial charge in [0.15, 0.2) is 11.8 Å². The summed E-state index contributed by atoms with van der Waals surface area (Å²) in [5.74, 6) is -1.26. The summed E-state index contributed by atoms with van der Waals surface area (Å²) in [4.78, 5) is 41.7. The summed E-state index contributed by atoms with van der Waals surface area (Å²) in [7, 11) is 1.29. The zero-order valence-corrected chi connectivity index (χ0v) is 18.0. The largest absolute Gasteiger partial charge is 0.482 e. The number of thioether (sulfide) groups is 1. The fraction of sp³-hybridized carbons (Fsp3) is 0.130. The average Bonchev–Trinajstić information content (AvgIpc) is 3.07. The number of esters is 1. The highest BCUT2D eigenvalue weighted by atomic mass is 32.2. The number of hydrogen-bond acceptors (Lipinski definition) is 7.